The van der Waals surface area contributed by atoms with Crippen LogP contribution in [0.5, 0.6) is 0 Å². The molecule has 0 unspecified atom stereocenters. The van der Waals surface area contributed by atoms with Gasteiger partial charge in [0.1, 0.15) is 6.61 Å². The van der Waals surface area contributed by atoms with Crippen LogP contribution in [0.3, 0.4) is 0 Å². The summed E-state index contributed by atoms with van der Waals surface area (Å²) in [5.74, 6) is -0.284. The first-order valence-electron chi connectivity index (χ1n) is 6.63. The molecule has 3 aromatic rings. The number of rotatable bonds is 3. The van der Waals surface area contributed by atoms with E-state index in [2.05, 4.69) is 40.8 Å². The average Bonchev–Trinajstić information content (AvgIpc) is 2.53. The third kappa shape index (κ3) is 3.24. The summed E-state index contributed by atoms with van der Waals surface area (Å²) in [5.41, 5.74) is 1.60. The van der Waals surface area contributed by atoms with Crippen molar-refractivity contribution in [2.24, 2.45) is 0 Å². The van der Waals surface area contributed by atoms with E-state index >= 15 is 0 Å². The van der Waals surface area contributed by atoms with Crippen molar-refractivity contribution >= 4 is 39.3 Å². The first kappa shape index (κ1) is 14.1. The Hall–Kier alpha value is -1.88. The first-order chi connectivity index (χ1) is 10.2. The lowest BCUT2D eigenvalue weighted by atomic mass is 10.1. The van der Waals surface area contributed by atoms with Crippen LogP contribution in [-0.4, -0.2) is 5.97 Å². The maximum absolute atomic E-state index is 12.1. The molecular weight excluding hydrogens is 375 g/mol. The Balaban J connectivity index is 1.74. The minimum atomic E-state index is -0.284. The highest BCUT2D eigenvalue weighted by atomic mass is 127. The number of ether oxygens (including phenoxy) is 1. The predicted molar refractivity (Wildman–Crippen MR) is 92.2 cm³/mol. The average molecular weight is 388 g/mol. The van der Waals surface area contributed by atoms with Gasteiger partial charge in [0.25, 0.3) is 0 Å². The van der Waals surface area contributed by atoms with Gasteiger partial charge in [0.15, 0.2) is 0 Å². The van der Waals surface area contributed by atoms with Crippen molar-refractivity contribution < 1.29 is 9.53 Å². The van der Waals surface area contributed by atoms with E-state index in [1.165, 1.54) is 5.39 Å². The Kier molecular flexibility index (Phi) is 4.20. The molecule has 0 amide bonds. The van der Waals surface area contributed by atoms with Crippen LogP contribution in [0.2, 0.25) is 0 Å². The fraction of sp³-hybridized carbons (Fsp3) is 0.0556. The van der Waals surface area contributed by atoms with Crippen molar-refractivity contribution in [1.29, 1.82) is 0 Å². The molecule has 0 radical (unpaired) electrons. The van der Waals surface area contributed by atoms with Gasteiger partial charge in [-0.3, -0.25) is 0 Å². The summed E-state index contributed by atoms with van der Waals surface area (Å²) in [7, 11) is 0. The lowest BCUT2D eigenvalue weighted by Gasteiger charge is -2.07. The van der Waals surface area contributed by atoms with Crippen molar-refractivity contribution in [3.63, 3.8) is 0 Å². The molecule has 0 heterocycles. The molecule has 0 aromatic heterocycles. The number of halogens is 1. The Morgan fingerprint density at radius 3 is 2.43 bits per heavy atom. The second-order valence-electron chi connectivity index (χ2n) is 4.74. The molecule has 0 aliphatic carbocycles. The van der Waals surface area contributed by atoms with Crippen LogP contribution >= 0.6 is 22.6 Å². The van der Waals surface area contributed by atoms with Crippen LogP contribution in [-0.2, 0) is 11.3 Å². The van der Waals surface area contributed by atoms with Crippen LogP contribution in [0.4, 0.5) is 0 Å². The van der Waals surface area contributed by atoms with Gasteiger partial charge in [-0.1, -0.05) is 48.5 Å². The van der Waals surface area contributed by atoms with Gasteiger partial charge in [0.05, 0.1) is 5.56 Å². The molecule has 0 saturated heterocycles. The number of carbonyl (C=O) groups excluding carboxylic acids is 1. The standard InChI is InChI=1S/C18H13IO2/c19-17-8-4-3-7-16(17)18(20)21-12-13-9-10-14-5-1-2-6-15(14)11-13/h1-11H,12H2. The van der Waals surface area contributed by atoms with Gasteiger partial charge in [-0.15, -0.1) is 0 Å². The number of hydrogen-bond donors (Lipinski definition) is 0. The van der Waals surface area contributed by atoms with Gasteiger partial charge in [-0.25, -0.2) is 4.79 Å². The van der Waals surface area contributed by atoms with Gasteiger partial charge >= 0.3 is 5.97 Å². The molecule has 104 valence electrons. The minimum Gasteiger partial charge on any atom is -0.457 e. The van der Waals surface area contributed by atoms with E-state index in [0.29, 0.717) is 5.56 Å². The van der Waals surface area contributed by atoms with Crippen LogP contribution in [0.1, 0.15) is 15.9 Å². The van der Waals surface area contributed by atoms with E-state index in [9.17, 15) is 4.79 Å². The summed E-state index contributed by atoms with van der Waals surface area (Å²) in [4.78, 5) is 12.1. The Bertz CT molecular complexity index is 796. The van der Waals surface area contributed by atoms with Crippen molar-refractivity contribution in [2.75, 3.05) is 0 Å². The number of fused-ring (bicyclic) bond motifs is 1. The highest BCUT2D eigenvalue weighted by Crippen LogP contribution is 2.17. The molecular formula is C18H13IO2. The maximum Gasteiger partial charge on any atom is 0.339 e. The summed E-state index contributed by atoms with van der Waals surface area (Å²) in [5, 5.41) is 2.34. The molecule has 0 bridgehead atoms. The van der Waals surface area contributed by atoms with E-state index in [4.69, 9.17) is 4.74 Å². The van der Waals surface area contributed by atoms with Gasteiger partial charge in [0, 0.05) is 3.57 Å². The zero-order chi connectivity index (χ0) is 14.7. The molecule has 0 N–H and O–H groups in total. The first-order valence-corrected chi connectivity index (χ1v) is 7.71. The lowest BCUT2D eigenvalue weighted by molar-refractivity contribution is 0.0471. The summed E-state index contributed by atoms with van der Waals surface area (Å²) >= 11 is 2.14. The monoisotopic (exact) mass is 388 g/mol. The van der Waals surface area contributed by atoms with Crippen molar-refractivity contribution in [3.8, 4) is 0 Å². The minimum absolute atomic E-state index is 0.284. The smallest absolute Gasteiger partial charge is 0.339 e. The van der Waals surface area contributed by atoms with E-state index in [1.807, 2.05) is 42.5 Å². The summed E-state index contributed by atoms with van der Waals surface area (Å²) < 4.78 is 6.30. The number of carbonyl (C=O) groups is 1. The second kappa shape index (κ2) is 6.26. The highest BCUT2D eigenvalue weighted by Gasteiger charge is 2.10. The molecule has 0 fully saturated rings. The Morgan fingerprint density at radius 2 is 1.62 bits per heavy atom. The molecule has 0 atom stereocenters. The highest BCUT2D eigenvalue weighted by molar-refractivity contribution is 14.1. The van der Waals surface area contributed by atoms with Gasteiger partial charge in [0.2, 0.25) is 0 Å². The number of esters is 1. The molecule has 3 heteroatoms. The third-order valence-corrected chi connectivity index (χ3v) is 4.22. The SMILES string of the molecule is O=C(OCc1ccc2ccccc2c1)c1ccccc1I. The van der Waals surface area contributed by atoms with Crippen molar-refractivity contribution in [3.05, 3.63) is 81.4 Å². The lowest BCUT2D eigenvalue weighted by Crippen LogP contribution is -2.06. The van der Waals surface area contributed by atoms with Gasteiger partial charge in [-0.05, 0) is 57.1 Å². The fourth-order valence-electron chi connectivity index (χ4n) is 2.18. The largest absolute Gasteiger partial charge is 0.457 e. The molecule has 0 aliphatic rings. The van der Waals surface area contributed by atoms with E-state index in [0.717, 1.165) is 14.5 Å². The molecule has 3 aromatic carbocycles. The van der Waals surface area contributed by atoms with Crippen LogP contribution in [0.15, 0.2) is 66.7 Å². The summed E-state index contributed by atoms with van der Waals surface area (Å²) in [6, 6.07) is 21.7. The number of benzene rings is 3. The fourth-order valence-corrected chi connectivity index (χ4v) is 2.79. The van der Waals surface area contributed by atoms with E-state index < -0.39 is 0 Å². The molecule has 0 spiro atoms. The quantitative estimate of drug-likeness (QED) is 0.476. The van der Waals surface area contributed by atoms with Crippen LogP contribution in [0, 0.1) is 3.57 Å². The normalized spacial score (nSPS) is 10.5. The van der Waals surface area contributed by atoms with Gasteiger partial charge in [-0.2, -0.15) is 0 Å². The van der Waals surface area contributed by atoms with E-state index in [1.54, 1.807) is 6.07 Å². The predicted octanol–water partition coefficient (Wildman–Crippen LogP) is 4.80. The van der Waals surface area contributed by atoms with Crippen molar-refractivity contribution in [2.45, 2.75) is 6.61 Å². The Morgan fingerprint density at radius 1 is 0.905 bits per heavy atom. The topological polar surface area (TPSA) is 26.3 Å². The molecule has 2 nitrogen and oxygen atoms in total. The summed E-state index contributed by atoms with van der Waals surface area (Å²) in [6.45, 7) is 0.286. The van der Waals surface area contributed by atoms with E-state index in [-0.39, 0.29) is 12.6 Å². The van der Waals surface area contributed by atoms with Gasteiger partial charge < -0.3 is 4.74 Å². The molecule has 21 heavy (non-hydrogen) atoms. The zero-order valence-electron chi connectivity index (χ0n) is 11.3. The van der Waals surface area contributed by atoms with Crippen LogP contribution < -0.4 is 0 Å². The molecule has 0 aliphatic heterocycles. The van der Waals surface area contributed by atoms with Crippen molar-refractivity contribution in [1.82, 2.24) is 0 Å². The van der Waals surface area contributed by atoms with Crippen LogP contribution in [0.25, 0.3) is 10.8 Å². The molecule has 0 saturated carbocycles. The third-order valence-electron chi connectivity index (χ3n) is 3.28. The summed E-state index contributed by atoms with van der Waals surface area (Å²) in [6.07, 6.45) is 0. The number of hydrogen-bond acceptors (Lipinski definition) is 2. The maximum atomic E-state index is 12.1. The zero-order valence-corrected chi connectivity index (χ0v) is 13.4. The Labute approximate surface area is 136 Å². The molecule has 3 rings (SSSR count). The second-order valence-corrected chi connectivity index (χ2v) is 5.90.